The smallest absolute Gasteiger partial charge is 0.166 e. The molecule has 0 aliphatic carbocycles. The zero-order valence-corrected chi connectivity index (χ0v) is 13.6. The van der Waals surface area contributed by atoms with Crippen molar-refractivity contribution in [3.05, 3.63) is 48.3 Å². The fourth-order valence-electron chi connectivity index (χ4n) is 3.04. The molecule has 24 heavy (non-hydrogen) atoms. The van der Waals surface area contributed by atoms with E-state index in [0.717, 1.165) is 40.0 Å². The average Bonchev–Trinajstić information content (AvgIpc) is 3.16. The summed E-state index contributed by atoms with van der Waals surface area (Å²) in [6.07, 6.45) is 3.58. The fraction of sp³-hybridized carbons (Fsp3) is 0.235. The molecule has 7 heteroatoms. The minimum absolute atomic E-state index is 0.393. The molecule has 1 aromatic carbocycles. The molecular weight excluding hydrogens is 306 g/mol. The predicted molar refractivity (Wildman–Crippen MR) is 89.0 cm³/mol. The lowest BCUT2D eigenvalue weighted by molar-refractivity contribution is 0.174. The Morgan fingerprint density at radius 3 is 2.92 bits per heavy atom. The van der Waals surface area contributed by atoms with Crippen molar-refractivity contribution in [2.75, 3.05) is 14.2 Å². The highest BCUT2D eigenvalue weighted by molar-refractivity contribution is 5.72. The normalized spacial score (nSPS) is 12.1. The number of imidazole rings is 1. The Labute approximate surface area is 139 Å². The van der Waals surface area contributed by atoms with Crippen LogP contribution in [0.4, 0.5) is 0 Å². The topological polar surface area (TPSA) is 67.0 Å². The van der Waals surface area contributed by atoms with Crippen molar-refractivity contribution in [1.82, 2.24) is 24.3 Å². The van der Waals surface area contributed by atoms with Crippen LogP contribution in [-0.4, -0.2) is 38.5 Å². The van der Waals surface area contributed by atoms with Gasteiger partial charge in [-0.25, -0.2) is 4.98 Å². The second-order valence-electron chi connectivity index (χ2n) is 5.49. The Hall–Kier alpha value is -2.93. The zero-order valence-electron chi connectivity index (χ0n) is 13.6. The van der Waals surface area contributed by atoms with Gasteiger partial charge in [-0.15, -0.1) is 10.2 Å². The van der Waals surface area contributed by atoms with E-state index in [1.165, 1.54) is 0 Å². The molecule has 122 valence electrons. The molecule has 0 fully saturated rings. The van der Waals surface area contributed by atoms with E-state index in [2.05, 4.69) is 30.9 Å². The predicted octanol–water partition coefficient (Wildman–Crippen LogP) is 2.29. The first-order valence-electron chi connectivity index (χ1n) is 7.55. The number of benzene rings is 1. The zero-order chi connectivity index (χ0) is 16.7. The Balaban J connectivity index is 2.03. The SMILES string of the molecule is C=Cc1ncn2c1Cn1c(COC)nnc1-c1cc(OC)ccc1-2. The van der Waals surface area contributed by atoms with Crippen LogP contribution in [0, 0.1) is 0 Å². The molecule has 0 unspecified atom stereocenters. The van der Waals surface area contributed by atoms with Gasteiger partial charge in [-0.2, -0.15) is 0 Å². The van der Waals surface area contributed by atoms with Gasteiger partial charge in [-0.1, -0.05) is 6.58 Å². The summed E-state index contributed by atoms with van der Waals surface area (Å²) in [6.45, 7) is 4.86. The summed E-state index contributed by atoms with van der Waals surface area (Å²) in [5.74, 6) is 2.32. The van der Waals surface area contributed by atoms with Gasteiger partial charge in [0, 0.05) is 12.7 Å². The quantitative estimate of drug-likeness (QED) is 0.576. The molecule has 0 spiro atoms. The van der Waals surface area contributed by atoms with E-state index >= 15 is 0 Å². The summed E-state index contributed by atoms with van der Waals surface area (Å²) >= 11 is 0. The fourth-order valence-corrected chi connectivity index (χ4v) is 3.04. The van der Waals surface area contributed by atoms with Crippen LogP contribution >= 0.6 is 0 Å². The number of methoxy groups -OCH3 is 2. The summed E-state index contributed by atoms with van der Waals surface area (Å²) in [4.78, 5) is 4.46. The van der Waals surface area contributed by atoms with Crippen LogP contribution in [0.5, 0.6) is 5.75 Å². The first kappa shape index (κ1) is 14.6. The standard InChI is InChI=1S/C17H17N5O2/c1-4-13-15-8-21-16(9-23-2)19-20-17(21)12-7-11(24-3)5-6-14(12)22(15)10-18-13/h4-7,10H,1,8-9H2,2-3H3. The van der Waals surface area contributed by atoms with Gasteiger partial charge in [0.2, 0.25) is 0 Å². The number of hydrogen-bond acceptors (Lipinski definition) is 5. The molecule has 0 saturated carbocycles. The van der Waals surface area contributed by atoms with Gasteiger partial charge in [-0.3, -0.25) is 0 Å². The van der Waals surface area contributed by atoms with Crippen LogP contribution in [-0.2, 0) is 17.9 Å². The highest BCUT2D eigenvalue weighted by Crippen LogP contribution is 2.34. The summed E-state index contributed by atoms with van der Waals surface area (Å²) < 4.78 is 14.8. The minimum atomic E-state index is 0.393. The van der Waals surface area contributed by atoms with E-state index in [1.54, 1.807) is 20.3 Å². The largest absolute Gasteiger partial charge is 0.497 e. The molecule has 4 rings (SSSR count). The highest BCUT2D eigenvalue weighted by atomic mass is 16.5. The van der Waals surface area contributed by atoms with Crippen LogP contribution < -0.4 is 4.74 Å². The molecule has 0 atom stereocenters. The molecule has 1 aliphatic rings. The van der Waals surface area contributed by atoms with E-state index in [4.69, 9.17) is 9.47 Å². The van der Waals surface area contributed by atoms with E-state index in [1.807, 2.05) is 24.5 Å². The van der Waals surface area contributed by atoms with E-state index in [9.17, 15) is 0 Å². The molecule has 1 aliphatic heterocycles. The Morgan fingerprint density at radius 1 is 1.29 bits per heavy atom. The Bertz CT molecular complexity index is 925. The van der Waals surface area contributed by atoms with Gasteiger partial charge in [-0.05, 0) is 24.3 Å². The van der Waals surface area contributed by atoms with Gasteiger partial charge >= 0.3 is 0 Å². The average molecular weight is 323 g/mol. The van der Waals surface area contributed by atoms with Gasteiger partial charge in [0.25, 0.3) is 0 Å². The van der Waals surface area contributed by atoms with Crippen molar-refractivity contribution in [3.63, 3.8) is 0 Å². The van der Waals surface area contributed by atoms with Crippen LogP contribution in [0.15, 0.2) is 31.1 Å². The first-order chi connectivity index (χ1) is 11.8. The number of rotatable bonds is 4. The highest BCUT2D eigenvalue weighted by Gasteiger charge is 2.25. The second-order valence-corrected chi connectivity index (χ2v) is 5.49. The summed E-state index contributed by atoms with van der Waals surface area (Å²) in [5, 5.41) is 8.68. The molecule has 2 aromatic heterocycles. The number of aromatic nitrogens is 5. The number of nitrogens with zero attached hydrogens (tertiary/aromatic N) is 5. The third-order valence-corrected chi connectivity index (χ3v) is 4.20. The number of ether oxygens (including phenoxy) is 2. The van der Waals surface area contributed by atoms with Crippen molar-refractivity contribution in [2.45, 2.75) is 13.2 Å². The van der Waals surface area contributed by atoms with Crippen molar-refractivity contribution in [2.24, 2.45) is 0 Å². The number of hydrogen-bond donors (Lipinski definition) is 0. The third kappa shape index (κ3) is 2.05. The monoisotopic (exact) mass is 323 g/mol. The minimum Gasteiger partial charge on any atom is -0.497 e. The van der Waals surface area contributed by atoms with Crippen molar-refractivity contribution in [1.29, 1.82) is 0 Å². The molecule has 0 saturated heterocycles. The maximum Gasteiger partial charge on any atom is 0.166 e. The summed E-state index contributed by atoms with van der Waals surface area (Å²) in [7, 11) is 3.30. The van der Waals surface area contributed by atoms with Crippen LogP contribution in [0.25, 0.3) is 23.2 Å². The Morgan fingerprint density at radius 2 is 2.17 bits per heavy atom. The summed E-state index contributed by atoms with van der Waals surface area (Å²) in [5.41, 5.74) is 3.81. The van der Waals surface area contributed by atoms with E-state index < -0.39 is 0 Å². The van der Waals surface area contributed by atoms with Gasteiger partial charge in [0.05, 0.1) is 30.7 Å². The maximum atomic E-state index is 5.38. The van der Waals surface area contributed by atoms with Gasteiger partial charge in [0.1, 0.15) is 18.7 Å². The maximum absolute atomic E-state index is 5.38. The van der Waals surface area contributed by atoms with Crippen LogP contribution in [0.3, 0.4) is 0 Å². The lowest BCUT2D eigenvalue weighted by Gasteiger charge is -2.10. The second kappa shape index (κ2) is 5.61. The van der Waals surface area contributed by atoms with Crippen molar-refractivity contribution in [3.8, 4) is 22.8 Å². The van der Waals surface area contributed by atoms with E-state index in [0.29, 0.717) is 13.2 Å². The van der Waals surface area contributed by atoms with Gasteiger partial charge < -0.3 is 18.6 Å². The molecule has 0 amide bonds. The molecule has 7 nitrogen and oxygen atoms in total. The van der Waals surface area contributed by atoms with E-state index in [-0.39, 0.29) is 0 Å². The van der Waals surface area contributed by atoms with Crippen molar-refractivity contribution >= 4 is 6.08 Å². The lowest BCUT2D eigenvalue weighted by atomic mass is 10.1. The van der Waals surface area contributed by atoms with Crippen molar-refractivity contribution < 1.29 is 9.47 Å². The number of fused-ring (bicyclic) bond motifs is 5. The molecule has 0 radical (unpaired) electrons. The Kier molecular flexibility index (Phi) is 3.42. The molecule has 0 N–H and O–H groups in total. The third-order valence-electron chi connectivity index (χ3n) is 4.20. The summed E-state index contributed by atoms with van der Waals surface area (Å²) in [6, 6.07) is 5.90. The van der Waals surface area contributed by atoms with Crippen LogP contribution in [0.1, 0.15) is 17.2 Å². The molecule has 3 heterocycles. The van der Waals surface area contributed by atoms with Crippen LogP contribution in [0.2, 0.25) is 0 Å². The van der Waals surface area contributed by atoms with Gasteiger partial charge in [0.15, 0.2) is 11.6 Å². The lowest BCUT2D eigenvalue weighted by Crippen LogP contribution is -2.08. The first-order valence-corrected chi connectivity index (χ1v) is 7.55. The molecule has 3 aromatic rings. The molecular formula is C17H17N5O2. The molecule has 0 bridgehead atoms.